The van der Waals surface area contributed by atoms with Crippen molar-refractivity contribution in [3.8, 4) is 5.75 Å². The minimum absolute atomic E-state index is 0.127. The van der Waals surface area contributed by atoms with Gasteiger partial charge in [0, 0.05) is 10.5 Å². The van der Waals surface area contributed by atoms with Crippen LogP contribution in [0.2, 0.25) is 0 Å². The molecule has 0 aromatic heterocycles. The second-order valence-electron chi connectivity index (χ2n) is 2.06. The van der Waals surface area contributed by atoms with Crippen LogP contribution in [0.1, 0.15) is 10.4 Å². The SMILES string of the molecule is O=C(Cl)c1c(O)cc(F)cc1Br. The molecule has 0 radical (unpaired) electrons. The smallest absolute Gasteiger partial charge is 0.257 e. The largest absolute Gasteiger partial charge is 0.507 e. The van der Waals surface area contributed by atoms with E-state index >= 15 is 0 Å². The van der Waals surface area contributed by atoms with E-state index in [-0.39, 0.29) is 10.0 Å². The Bertz CT molecular complexity index is 317. The predicted octanol–water partition coefficient (Wildman–Crippen LogP) is 2.67. The molecule has 2 nitrogen and oxygen atoms in total. The van der Waals surface area contributed by atoms with E-state index in [4.69, 9.17) is 16.7 Å². The number of phenols is 1. The summed E-state index contributed by atoms with van der Waals surface area (Å²) in [7, 11) is 0. The number of hydrogen-bond donors (Lipinski definition) is 1. The van der Waals surface area contributed by atoms with Crippen LogP contribution in [-0.2, 0) is 0 Å². The van der Waals surface area contributed by atoms with E-state index in [1.54, 1.807) is 0 Å². The van der Waals surface area contributed by atoms with Crippen molar-refractivity contribution in [3.63, 3.8) is 0 Å². The topological polar surface area (TPSA) is 37.3 Å². The molecule has 0 spiro atoms. The van der Waals surface area contributed by atoms with Crippen molar-refractivity contribution in [2.24, 2.45) is 0 Å². The molecule has 0 aliphatic heterocycles. The molecule has 1 rings (SSSR count). The minimum Gasteiger partial charge on any atom is -0.507 e. The molecule has 1 N–H and O–H groups in total. The van der Waals surface area contributed by atoms with Crippen molar-refractivity contribution < 1.29 is 14.3 Å². The second kappa shape index (κ2) is 3.41. The quantitative estimate of drug-likeness (QED) is 0.781. The van der Waals surface area contributed by atoms with Crippen molar-refractivity contribution in [2.75, 3.05) is 0 Å². The van der Waals surface area contributed by atoms with Gasteiger partial charge >= 0.3 is 0 Å². The molecule has 1 aromatic carbocycles. The normalized spacial score (nSPS) is 9.92. The van der Waals surface area contributed by atoms with Gasteiger partial charge in [-0.3, -0.25) is 4.79 Å². The highest BCUT2D eigenvalue weighted by molar-refractivity contribution is 9.10. The summed E-state index contributed by atoms with van der Waals surface area (Å²) in [4.78, 5) is 10.7. The molecule has 0 amide bonds. The molecule has 0 fully saturated rings. The molecule has 0 atom stereocenters. The molecule has 1 aromatic rings. The molecule has 0 saturated carbocycles. The lowest BCUT2D eigenvalue weighted by atomic mass is 10.2. The van der Waals surface area contributed by atoms with Crippen LogP contribution in [0.5, 0.6) is 5.75 Å². The number of hydrogen-bond acceptors (Lipinski definition) is 2. The maximum absolute atomic E-state index is 12.5. The zero-order chi connectivity index (χ0) is 9.30. The Hall–Kier alpha value is -0.610. The highest BCUT2D eigenvalue weighted by Gasteiger charge is 2.14. The summed E-state index contributed by atoms with van der Waals surface area (Å²) in [5.74, 6) is -1.11. The van der Waals surface area contributed by atoms with E-state index in [9.17, 15) is 9.18 Å². The third-order valence-electron chi connectivity index (χ3n) is 1.23. The predicted molar refractivity (Wildman–Crippen MR) is 45.9 cm³/mol. The van der Waals surface area contributed by atoms with Gasteiger partial charge in [-0.05, 0) is 33.6 Å². The Morgan fingerprint density at radius 1 is 1.58 bits per heavy atom. The Balaban J connectivity index is 3.38. The van der Waals surface area contributed by atoms with Gasteiger partial charge in [0.1, 0.15) is 11.6 Å². The first-order valence-electron chi connectivity index (χ1n) is 2.90. The molecular weight excluding hydrogens is 250 g/mol. The lowest BCUT2D eigenvalue weighted by Crippen LogP contribution is -1.92. The van der Waals surface area contributed by atoms with Gasteiger partial charge in [0.25, 0.3) is 5.24 Å². The van der Waals surface area contributed by atoms with Crippen LogP contribution in [0.3, 0.4) is 0 Å². The summed E-state index contributed by atoms with van der Waals surface area (Å²) in [6.45, 7) is 0. The van der Waals surface area contributed by atoms with Gasteiger partial charge in [-0.2, -0.15) is 0 Å². The van der Waals surface area contributed by atoms with E-state index in [0.717, 1.165) is 12.1 Å². The van der Waals surface area contributed by atoms with Crippen LogP contribution >= 0.6 is 27.5 Å². The monoisotopic (exact) mass is 252 g/mol. The van der Waals surface area contributed by atoms with Gasteiger partial charge in [0.2, 0.25) is 0 Å². The van der Waals surface area contributed by atoms with Gasteiger partial charge < -0.3 is 5.11 Å². The molecule has 64 valence electrons. The van der Waals surface area contributed by atoms with E-state index in [1.807, 2.05) is 0 Å². The summed E-state index contributed by atoms with van der Waals surface area (Å²) in [6.07, 6.45) is 0. The first kappa shape index (κ1) is 9.48. The van der Waals surface area contributed by atoms with Gasteiger partial charge in [0.05, 0.1) is 5.56 Å². The van der Waals surface area contributed by atoms with Crippen LogP contribution in [0.4, 0.5) is 4.39 Å². The van der Waals surface area contributed by atoms with Crippen molar-refractivity contribution in [3.05, 3.63) is 28.0 Å². The van der Waals surface area contributed by atoms with Gasteiger partial charge in [0.15, 0.2) is 0 Å². The second-order valence-corrected chi connectivity index (χ2v) is 3.25. The number of rotatable bonds is 1. The number of aromatic hydroxyl groups is 1. The molecule has 0 saturated heterocycles. The van der Waals surface area contributed by atoms with Crippen LogP contribution in [0.25, 0.3) is 0 Å². The first-order chi connectivity index (χ1) is 5.52. The van der Waals surface area contributed by atoms with Crippen molar-refractivity contribution in [1.82, 2.24) is 0 Å². The average Bonchev–Trinajstić information content (AvgIpc) is 1.82. The molecule has 12 heavy (non-hydrogen) atoms. The number of halogens is 3. The number of benzene rings is 1. The van der Waals surface area contributed by atoms with E-state index in [1.165, 1.54) is 0 Å². The number of carbonyl (C=O) groups excluding carboxylic acids is 1. The Morgan fingerprint density at radius 3 is 2.58 bits per heavy atom. The maximum atomic E-state index is 12.5. The molecule has 0 aliphatic carbocycles. The van der Waals surface area contributed by atoms with Crippen LogP contribution < -0.4 is 0 Å². The molecule has 0 unspecified atom stereocenters. The lowest BCUT2D eigenvalue weighted by molar-refractivity contribution is 0.107. The molecule has 0 bridgehead atoms. The Labute approximate surface area is 81.1 Å². The third kappa shape index (κ3) is 1.76. The van der Waals surface area contributed by atoms with Crippen molar-refractivity contribution in [1.29, 1.82) is 0 Å². The summed E-state index contributed by atoms with van der Waals surface area (Å²) >= 11 is 8.01. The summed E-state index contributed by atoms with van der Waals surface area (Å²) in [5, 5.41) is 8.23. The van der Waals surface area contributed by atoms with Gasteiger partial charge in [-0.1, -0.05) is 0 Å². The number of phenolic OH excluding ortho intramolecular Hbond substituents is 1. The zero-order valence-electron chi connectivity index (χ0n) is 5.64. The summed E-state index contributed by atoms with van der Waals surface area (Å²) in [6, 6.07) is 1.87. The van der Waals surface area contributed by atoms with E-state index < -0.39 is 16.8 Å². The van der Waals surface area contributed by atoms with Crippen molar-refractivity contribution in [2.45, 2.75) is 0 Å². The number of carbonyl (C=O) groups is 1. The highest BCUT2D eigenvalue weighted by atomic mass is 79.9. The fraction of sp³-hybridized carbons (Fsp3) is 0. The highest BCUT2D eigenvalue weighted by Crippen LogP contribution is 2.28. The fourth-order valence-corrected chi connectivity index (χ4v) is 1.67. The first-order valence-corrected chi connectivity index (χ1v) is 4.07. The van der Waals surface area contributed by atoms with Crippen LogP contribution in [0.15, 0.2) is 16.6 Å². The summed E-state index contributed by atoms with van der Waals surface area (Å²) in [5.41, 5.74) is -0.127. The third-order valence-corrected chi connectivity index (χ3v) is 2.05. The van der Waals surface area contributed by atoms with Crippen LogP contribution in [0, 0.1) is 5.82 Å². The van der Waals surface area contributed by atoms with Gasteiger partial charge in [-0.25, -0.2) is 4.39 Å². The standard InChI is InChI=1S/C7H3BrClFO2/c8-4-1-3(10)2-5(11)6(4)7(9)12/h1-2,11H. The maximum Gasteiger partial charge on any atom is 0.257 e. The van der Waals surface area contributed by atoms with Gasteiger partial charge in [-0.15, -0.1) is 0 Å². The fourth-order valence-electron chi connectivity index (χ4n) is 0.755. The Kier molecular flexibility index (Phi) is 2.69. The minimum atomic E-state index is -0.834. The lowest BCUT2D eigenvalue weighted by Gasteiger charge is -2.01. The summed E-state index contributed by atoms with van der Waals surface area (Å²) < 4.78 is 12.7. The molecule has 5 heteroatoms. The zero-order valence-corrected chi connectivity index (χ0v) is 7.99. The molecule has 0 aliphatic rings. The van der Waals surface area contributed by atoms with Crippen molar-refractivity contribution >= 4 is 32.8 Å². The average molecular weight is 253 g/mol. The van der Waals surface area contributed by atoms with Crippen LogP contribution in [-0.4, -0.2) is 10.3 Å². The van der Waals surface area contributed by atoms with E-state index in [2.05, 4.69) is 15.9 Å². The Morgan fingerprint density at radius 2 is 2.17 bits per heavy atom. The molecule has 0 heterocycles. The molecular formula is C7H3BrClFO2. The van der Waals surface area contributed by atoms with E-state index in [0.29, 0.717) is 0 Å².